The molecule has 6 heteroatoms. The zero-order chi connectivity index (χ0) is 16.2. The summed E-state index contributed by atoms with van der Waals surface area (Å²) in [6.07, 6.45) is 5.42. The molecule has 21 heavy (non-hydrogen) atoms. The Morgan fingerprint density at radius 3 is 1.52 bits per heavy atom. The van der Waals surface area contributed by atoms with Gasteiger partial charge in [0.1, 0.15) is 0 Å². The van der Waals surface area contributed by atoms with Gasteiger partial charge in [-0.2, -0.15) is 0 Å². The van der Waals surface area contributed by atoms with E-state index in [0.29, 0.717) is 19.8 Å². The van der Waals surface area contributed by atoms with Crippen LogP contribution in [0.2, 0.25) is 6.04 Å². The summed E-state index contributed by atoms with van der Waals surface area (Å²) in [4.78, 5) is 0. The van der Waals surface area contributed by atoms with Crippen LogP contribution in [0.25, 0.3) is 0 Å². The Labute approximate surface area is 132 Å². The highest BCUT2D eigenvalue weighted by molar-refractivity contribution is 7.63. The molecule has 0 saturated heterocycles. The molecule has 0 aliphatic rings. The van der Waals surface area contributed by atoms with Crippen molar-refractivity contribution < 1.29 is 17.8 Å². The minimum absolute atomic E-state index is 0.605. The molecule has 0 unspecified atom stereocenters. The highest BCUT2D eigenvalue weighted by Crippen LogP contribution is 2.47. The molecule has 0 aromatic carbocycles. The predicted molar refractivity (Wildman–Crippen MR) is 92.8 cm³/mol. The normalized spacial score (nSPS) is 12.8. The molecule has 0 aliphatic heterocycles. The van der Waals surface area contributed by atoms with E-state index in [9.17, 15) is 4.57 Å². The lowest BCUT2D eigenvalue weighted by Gasteiger charge is -2.29. The maximum Gasteiger partial charge on any atom is 0.500 e. The molecule has 128 valence electrons. The third kappa shape index (κ3) is 8.51. The van der Waals surface area contributed by atoms with Gasteiger partial charge in [-0.3, -0.25) is 0 Å². The first-order valence-corrected chi connectivity index (χ1v) is 12.7. The van der Waals surface area contributed by atoms with Crippen molar-refractivity contribution in [2.24, 2.45) is 0 Å². The fourth-order valence-electron chi connectivity index (χ4n) is 2.74. The SMILES string of the molecule is CCCP(=O)(CCC)CCC[Si](OCC)(OCC)OCC. The average Bonchev–Trinajstić information content (AvgIpc) is 2.40. The lowest BCUT2D eigenvalue weighted by atomic mass is 10.6. The topological polar surface area (TPSA) is 44.8 Å². The van der Waals surface area contributed by atoms with Gasteiger partial charge in [-0.05, 0) is 40.0 Å². The van der Waals surface area contributed by atoms with E-state index in [1.807, 2.05) is 20.8 Å². The lowest BCUT2D eigenvalue weighted by Crippen LogP contribution is -2.46. The molecule has 0 aromatic rings. The van der Waals surface area contributed by atoms with E-state index in [4.69, 9.17) is 13.3 Å². The molecule has 0 aromatic heterocycles. The first kappa shape index (κ1) is 21.3. The van der Waals surface area contributed by atoms with Gasteiger partial charge in [0.25, 0.3) is 0 Å². The maximum absolute atomic E-state index is 12.9. The molecule has 0 amide bonds. The summed E-state index contributed by atoms with van der Waals surface area (Å²) in [5.74, 6) is 0. The largest absolute Gasteiger partial charge is 0.500 e. The maximum atomic E-state index is 12.9. The van der Waals surface area contributed by atoms with Crippen LogP contribution in [0.15, 0.2) is 0 Å². The van der Waals surface area contributed by atoms with E-state index in [2.05, 4.69) is 13.8 Å². The van der Waals surface area contributed by atoms with E-state index >= 15 is 0 Å². The third-order valence-electron chi connectivity index (χ3n) is 3.40. The van der Waals surface area contributed by atoms with Crippen LogP contribution in [0.4, 0.5) is 0 Å². The van der Waals surface area contributed by atoms with Crippen LogP contribution in [0, 0.1) is 0 Å². The Morgan fingerprint density at radius 2 is 1.19 bits per heavy atom. The molecule has 0 saturated carbocycles. The monoisotopic (exact) mass is 338 g/mol. The van der Waals surface area contributed by atoms with Crippen molar-refractivity contribution in [2.75, 3.05) is 38.3 Å². The van der Waals surface area contributed by atoms with E-state index in [1.54, 1.807) is 0 Å². The van der Waals surface area contributed by atoms with Crippen LogP contribution in [-0.2, 0) is 17.8 Å². The van der Waals surface area contributed by atoms with Crippen molar-refractivity contribution in [2.45, 2.75) is 59.9 Å². The summed E-state index contributed by atoms with van der Waals surface area (Å²) in [6.45, 7) is 12.0. The lowest BCUT2D eigenvalue weighted by molar-refractivity contribution is 0.0712. The van der Waals surface area contributed by atoms with Crippen molar-refractivity contribution in [1.29, 1.82) is 0 Å². The van der Waals surface area contributed by atoms with Gasteiger partial charge in [0.2, 0.25) is 0 Å². The Kier molecular flexibility index (Phi) is 12.0. The van der Waals surface area contributed by atoms with Crippen molar-refractivity contribution in [3.8, 4) is 0 Å². The van der Waals surface area contributed by atoms with Gasteiger partial charge in [-0.25, -0.2) is 0 Å². The molecule has 0 N–H and O–H groups in total. The van der Waals surface area contributed by atoms with Crippen LogP contribution in [0.1, 0.15) is 53.9 Å². The van der Waals surface area contributed by atoms with Gasteiger partial charge < -0.3 is 17.8 Å². The van der Waals surface area contributed by atoms with Crippen molar-refractivity contribution in [3.63, 3.8) is 0 Å². The summed E-state index contributed by atoms with van der Waals surface area (Å²) in [7, 11) is -4.57. The van der Waals surface area contributed by atoms with Gasteiger partial charge in [0.05, 0.1) is 7.14 Å². The number of hydrogen-bond acceptors (Lipinski definition) is 4. The summed E-state index contributed by atoms with van der Waals surface area (Å²) >= 11 is 0. The fraction of sp³-hybridized carbons (Fsp3) is 1.00. The average molecular weight is 339 g/mol. The molecule has 0 fully saturated rings. The summed E-state index contributed by atoms with van der Waals surface area (Å²) in [6, 6.07) is 0.778. The number of hydrogen-bond donors (Lipinski definition) is 0. The summed E-state index contributed by atoms with van der Waals surface area (Å²) < 4.78 is 30.4. The second-order valence-corrected chi connectivity index (χ2v) is 11.5. The van der Waals surface area contributed by atoms with Crippen LogP contribution in [0.3, 0.4) is 0 Å². The smallest absolute Gasteiger partial charge is 0.374 e. The molecular weight excluding hydrogens is 303 g/mol. The molecule has 0 rings (SSSR count). The van der Waals surface area contributed by atoms with Gasteiger partial charge in [0.15, 0.2) is 0 Å². The zero-order valence-corrected chi connectivity index (χ0v) is 16.5. The fourth-order valence-corrected chi connectivity index (χ4v) is 8.68. The molecule has 0 spiro atoms. The summed E-state index contributed by atoms with van der Waals surface area (Å²) in [5, 5.41) is 0. The second kappa shape index (κ2) is 11.8. The molecule has 0 atom stereocenters. The minimum atomic E-state index is -2.56. The molecule has 0 radical (unpaired) electrons. The molecule has 0 aliphatic carbocycles. The van der Waals surface area contributed by atoms with Gasteiger partial charge >= 0.3 is 8.80 Å². The molecule has 0 heterocycles. The Bertz CT molecular complexity index is 272. The van der Waals surface area contributed by atoms with Crippen LogP contribution in [-0.4, -0.2) is 47.1 Å². The first-order chi connectivity index (χ1) is 10.0. The highest BCUT2D eigenvalue weighted by atomic mass is 31.2. The van der Waals surface area contributed by atoms with Gasteiger partial charge in [0, 0.05) is 44.4 Å². The van der Waals surface area contributed by atoms with Crippen LogP contribution >= 0.6 is 7.14 Å². The molecule has 4 nitrogen and oxygen atoms in total. The Balaban J connectivity index is 4.61. The van der Waals surface area contributed by atoms with Gasteiger partial charge in [-0.15, -0.1) is 0 Å². The zero-order valence-electron chi connectivity index (χ0n) is 14.7. The van der Waals surface area contributed by atoms with E-state index in [-0.39, 0.29) is 0 Å². The summed E-state index contributed by atoms with van der Waals surface area (Å²) in [5.41, 5.74) is 0. The van der Waals surface area contributed by atoms with Crippen LogP contribution < -0.4 is 0 Å². The number of rotatable bonds is 14. The Hall–Kier alpha value is 0.327. The Morgan fingerprint density at radius 1 is 0.762 bits per heavy atom. The molecule has 0 bridgehead atoms. The van der Waals surface area contributed by atoms with Gasteiger partial charge in [-0.1, -0.05) is 13.8 Å². The van der Waals surface area contributed by atoms with Crippen LogP contribution in [0.5, 0.6) is 0 Å². The van der Waals surface area contributed by atoms with Crippen molar-refractivity contribution in [1.82, 2.24) is 0 Å². The van der Waals surface area contributed by atoms with E-state index in [1.165, 1.54) is 0 Å². The predicted octanol–water partition coefficient (Wildman–Crippen LogP) is 4.61. The van der Waals surface area contributed by atoms with Crippen molar-refractivity contribution in [3.05, 3.63) is 0 Å². The highest BCUT2D eigenvalue weighted by Gasteiger charge is 2.40. The molecular formula is C15H35O4PSi. The first-order valence-electron chi connectivity index (χ1n) is 8.50. The van der Waals surface area contributed by atoms with E-state index in [0.717, 1.165) is 43.8 Å². The second-order valence-electron chi connectivity index (χ2n) is 5.31. The van der Waals surface area contributed by atoms with E-state index < -0.39 is 15.9 Å². The van der Waals surface area contributed by atoms with Crippen molar-refractivity contribution >= 4 is 15.9 Å². The third-order valence-corrected chi connectivity index (χ3v) is 10.2. The quantitative estimate of drug-likeness (QED) is 0.343. The minimum Gasteiger partial charge on any atom is -0.374 e. The standard InChI is InChI=1S/C15H35O4PSi/c1-6-12-20(16,13-7-2)14-11-15-21(17-8-3,18-9-4)19-10-5/h6-15H2,1-5H3.